The Bertz CT molecular complexity index is 571. The first-order valence-corrected chi connectivity index (χ1v) is 5.75. The molecular formula is C13H14FN3O. The Balaban J connectivity index is 2.19. The maximum atomic E-state index is 13.0. The van der Waals surface area contributed by atoms with E-state index in [1.165, 1.54) is 12.1 Å². The number of amides is 1. The average molecular weight is 247 g/mol. The van der Waals surface area contributed by atoms with Crippen molar-refractivity contribution in [1.82, 2.24) is 10.3 Å². The second-order valence-corrected chi connectivity index (χ2v) is 3.93. The van der Waals surface area contributed by atoms with E-state index < -0.39 is 0 Å². The molecule has 0 atom stereocenters. The van der Waals surface area contributed by atoms with Gasteiger partial charge in [-0.2, -0.15) is 0 Å². The lowest BCUT2D eigenvalue weighted by Gasteiger charge is -2.04. The van der Waals surface area contributed by atoms with E-state index in [2.05, 4.69) is 10.3 Å². The summed E-state index contributed by atoms with van der Waals surface area (Å²) in [6, 6.07) is 7.54. The van der Waals surface area contributed by atoms with E-state index in [-0.39, 0.29) is 11.7 Å². The summed E-state index contributed by atoms with van der Waals surface area (Å²) in [5, 5.41) is 3.39. The first kappa shape index (κ1) is 12.4. The summed E-state index contributed by atoms with van der Waals surface area (Å²) in [5.41, 5.74) is 6.26. The van der Waals surface area contributed by atoms with Crippen LogP contribution in [0.2, 0.25) is 0 Å². The van der Waals surface area contributed by atoms with E-state index in [9.17, 15) is 9.18 Å². The van der Waals surface area contributed by atoms with Crippen molar-refractivity contribution in [2.45, 2.75) is 6.42 Å². The summed E-state index contributed by atoms with van der Waals surface area (Å²) in [4.78, 5) is 15.9. The fraction of sp³-hybridized carbons (Fsp3) is 0.231. The molecule has 2 aromatic rings. The molecule has 0 saturated heterocycles. The lowest BCUT2D eigenvalue weighted by molar-refractivity contribution is 0.0949. The van der Waals surface area contributed by atoms with Crippen molar-refractivity contribution in [3.05, 3.63) is 41.8 Å². The van der Waals surface area contributed by atoms with Gasteiger partial charge in [0.05, 0.1) is 5.52 Å². The molecule has 0 spiro atoms. The highest BCUT2D eigenvalue weighted by Crippen LogP contribution is 2.14. The molecule has 5 heteroatoms. The largest absolute Gasteiger partial charge is 0.351 e. The second kappa shape index (κ2) is 5.55. The number of nitrogens with zero attached hydrogens (tertiary/aromatic N) is 1. The molecule has 0 aliphatic carbocycles. The minimum Gasteiger partial charge on any atom is -0.351 e. The number of pyridine rings is 1. The lowest BCUT2D eigenvalue weighted by atomic mass is 10.2. The third-order valence-corrected chi connectivity index (χ3v) is 2.55. The van der Waals surface area contributed by atoms with Crippen LogP contribution in [-0.4, -0.2) is 24.0 Å². The van der Waals surface area contributed by atoms with Gasteiger partial charge in [0, 0.05) is 11.9 Å². The molecule has 0 unspecified atom stereocenters. The van der Waals surface area contributed by atoms with Crippen molar-refractivity contribution >= 4 is 16.8 Å². The number of carbonyl (C=O) groups excluding carboxylic acids is 1. The molecule has 0 aliphatic heterocycles. The van der Waals surface area contributed by atoms with Gasteiger partial charge in [0.25, 0.3) is 5.91 Å². The Kier molecular flexibility index (Phi) is 3.84. The summed E-state index contributed by atoms with van der Waals surface area (Å²) in [6.45, 7) is 1.06. The number of benzene rings is 1. The molecule has 2 rings (SSSR count). The predicted molar refractivity (Wildman–Crippen MR) is 67.7 cm³/mol. The first-order valence-electron chi connectivity index (χ1n) is 5.75. The number of rotatable bonds is 4. The minimum absolute atomic E-state index is 0.241. The van der Waals surface area contributed by atoms with Gasteiger partial charge in [-0.15, -0.1) is 0 Å². The molecule has 0 saturated carbocycles. The summed E-state index contributed by atoms with van der Waals surface area (Å²) < 4.78 is 13.0. The van der Waals surface area contributed by atoms with Crippen molar-refractivity contribution in [2.24, 2.45) is 5.73 Å². The summed E-state index contributed by atoms with van der Waals surface area (Å²) >= 11 is 0. The number of hydrogen-bond donors (Lipinski definition) is 2. The summed E-state index contributed by atoms with van der Waals surface area (Å²) in [7, 11) is 0. The molecular weight excluding hydrogens is 233 g/mol. The van der Waals surface area contributed by atoms with E-state index in [4.69, 9.17) is 5.73 Å². The van der Waals surface area contributed by atoms with E-state index in [0.29, 0.717) is 29.7 Å². The number of nitrogens with two attached hydrogens (primary N) is 1. The van der Waals surface area contributed by atoms with Gasteiger partial charge < -0.3 is 11.1 Å². The number of nitrogens with one attached hydrogen (secondary N) is 1. The smallest absolute Gasteiger partial charge is 0.269 e. The van der Waals surface area contributed by atoms with Gasteiger partial charge in [-0.25, -0.2) is 9.37 Å². The van der Waals surface area contributed by atoms with E-state index in [1.807, 2.05) is 0 Å². The van der Waals surface area contributed by atoms with Gasteiger partial charge in [-0.3, -0.25) is 4.79 Å². The van der Waals surface area contributed by atoms with Crippen molar-refractivity contribution in [1.29, 1.82) is 0 Å². The van der Waals surface area contributed by atoms with Gasteiger partial charge in [-0.05, 0) is 37.2 Å². The number of fused-ring (bicyclic) bond motifs is 1. The Labute approximate surface area is 104 Å². The minimum atomic E-state index is -0.315. The fourth-order valence-corrected chi connectivity index (χ4v) is 1.62. The highest BCUT2D eigenvalue weighted by Gasteiger charge is 2.07. The summed E-state index contributed by atoms with van der Waals surface area (Å²) in [5.74, 6) is -0.556. The van der Waals surface area contributed by atoms with E-state index >= 15 is 0 Å². The lowest BCUT2D eigenvalue weighted by Crippen LogP contribution is -2.26. The Morgan fingerprint density at radius 2 is 2.17 bits per heavy atom. The zero-order valence-electron chi connectivity index (χ0n) is 9.82. The third kappa shape index (κ3) is 2.81. The number of halogens is 1. The van der Waals surface area contributed by atoms with Crippen LogP contribution in [-0.2, 0) is 0 Å². The summed E-state index contributed by atoms with van der Waals surface area (Å²) in [6.07, 6.45) is 0.727. The highest BCUT2D eigenvalue weighted by molar-refractivity contribution is 5.94. The fourth-order valence-electron chi connectivity index (χ4n) is 1.62. The molecule has 0 fully saturated rings. The van der Waals surface area contributed by atoms with Crippen molar-refractivity contribution in [2.75, 3.05) is 13.1 Å². The van der Waals surface area contributed by atoms with E-state index in [0.717, 1.165) is 6.42 Å². The van der Waals surface area contributed by atoms with Crippen LogP contribution in [0.5, 0.6) is 0 Å². The zero-order chi connectivity index (χ0) is 13.0. The van der Waals surface area contributed by atoms with Crippen LogP contribution < -0.4 is 11.1 Å². The first-order chi connectivity index (χ1) is 8.70. The molecule has 0 bridgehead atoms. The van der Waals surface area contributed by atoms with Crippen LogP contribution in [0.4, 0.5) is 4.39 Å². The molecule has 1 heterocycles. The highest BCUT2D eigenvalue weighted by atomic mass is 19.1. The van der Waals surface area contributed by atoms with Gasteiger partial charge in [0.2, 0.25) is 0 Å². The maximum Gasteiger partial charge on any atom is 0.269 e. The normalized spacial score (nSPS) is 10.6. The molecule has 18 heavy (non-hydrogen) atoms. The van der Waals surface area contributed by atoms with Gasteiger partial charge >= 0.3 is 0 Å². The van der Waals surface area contributed by atoms with Crippen LogP contribution in [0.3, 0.4) is 0 Å². The van der Waals surface area contributed by atoms with Gasteiger partial charge in [0.1, 0.15) is 11.5 Å². The quantitative estimate of drug-likeness (QED) is 0.803. The average Bonchev–Trinajstić information content (AvgIpc) is 2.38. The molecule has 1 aromatic carbocycles. The van der Waals surface area contributed by atoms with Crippen LogP contribution in [0.1, 0.15) is 16.9 Å². The Morgan fingerprint density at radius 1 is 1.33 bits per heavy atom. The third-order valence-electron chi connectivity index (χ3n) is 2.55. The number of carbonyl (C=O) groups is 1. The Morgan fingerprint density at radius 3 is 2.94 bits per heavy atom. The van der Waals surface area contributed by atoms with Crippen LogP contribution in [0.15, 0.2) is 30.3 Å². The van der Waals surface area contributed by atoms with Crippen LogP contribution >= 0.6 is 0 Å². The molecule has 3 N–H and O–H groups in total. The topological polar surface area (TPSA) is 68.0 Å². The van der Waals surface area contributed by atoms with Crippen molar-refractivity contribution in [3.8, 4) is 0 Å². The van der Waals surface area contributed by atoms with Gasteiger partial charge in [-0.1, -0.05) is 6.07 Å². The molecule has 94 valence electrons. The standard InChI is InChI=1S/C13H14FN3O/c14-10-3-5-11-9(8-10)2-4-12(17-11)13(18)16-7-1-6-15/h2-5,8H,1,6-7,15H2,(H,16,18). The van der Waals surface area contributed by atoms with Crippen molar-refractivity contribution < 1.29 is 9.18 Å². The second-order valence-electron chi connectivity index (χ2n) is 3.93. The molecule has 1 aromatic heterocycles. The van der Waals surface area contributed by atoms with Crippen molar-refractivity contribution in [3.63, 3.8) is 0 Å². The predicted octanol–water partition coefficient (Wildman–Crippen LogP) is 1.45. The van der Waals surface area contributed by atoms with Crippen LogP contribution in [0.25, 0.3) is 10.9 Å². The number of hydrogen-bond acceptors (Lipinski definition) is 3. The molecule has 0 radical (unpaired) electrons. The SMILES string of the molecule is NCCCNC(=O)c1ccc2cc(F)ccc2n1. The molecule has 0 aliphatic rings. The number of aromatic nitrogens is 1. The Hall–Kier alpha value is -2.01. The van der Waals surface area contributed by atoms with E-state index in [1.54, 1.807) is 18.2 Å². The van der Waals surface area contributed by atoms with Gasteiger partial charge in [0.15, 0.2) is 0 Å². The van der Waals surface area contributed by atoms with Crippen LogP contribution in [0, 0.1) is 5.82 Å². The molecule has 4 nitrogen and oxygen atoms in total. The monoisotopic (exact) mass is 247 g/mol. The zero-order valence-corrected chi connectivity index (χ0v) is 9.82. The maximum absolute atomic E-state index is 13.0. The molecule has 1 amide bonds.